The maximum Gasteiger partial charge on any atom is 0.573 e. The fourth-order valence-electron chi connectivity index (χ4n) is 2.97. The molecule has 0 aliphatic heterocycles. The highest BCUT2D eigenvalue weighted by atomic mass is 19.4. The van der Waals surface area contributed by atoms with Gasteiger partial charge in [-0.3, -0.25) is 0 Å². The van der Waals surface area contributed by atoms with E-state index in [-0.39, 0.29) is 11.2 Å². The molecule has 0 saturated heterocycles. The molecule has 0 fully saturated rings. The molecular weight excluding hydrogens is 389 g/mol. The molecule has 2 nitrogen and oxygen atoms in total. The van der Waals surface area contributed by atoms with Gasteiger partial charge in [0.05, 0.1) is 0 Å². The lowest BCUT2D eigenvalue weighted by molar-refractivity contribution is -0.274. The van der Waals surface area contributed by atoms with Crippen LogP contribution in [0.3, 0.4) is 0 Å². The molecule has 0 bridgehead atoms. The normalized spacial score (nSPS) is 11.8. The largest absolute Gasteiger partial charge is 0.573 e. The molecule has 0 saturated carbocycles. The van der Waals surface area contributed by atoms with Gasteiger partial charge >= 0.3 is 6.36 Å². The lowest BCUT2D eigenvalue weighted by Gasteiger charge is -2.19. The van der Waals surface area contributed by atoms with Gasteiger partial charge < -0.3 is 9.47 Å². The molecule has 5 heteroatoms. The molecule has 0 spiro atoms. The van der Waals surface area contributed by atoms with Crippen molar-refractivity contribution in [3.8, 4) is 28.4 Å². The van der Waals surface area contributed by atoms with Crippen molar-refractivity contribution in [2.45, 2.75) is 32.5 Å². The molecule has 0 radical (unpaired) electrons. The zero-order chi connectivity index (χ0) is 21.9. The molecule has 30 heavy (non-hydrogen) atoms. The third-order valence-electron chi connectivity index (χ3n) is 4.60. The molecule has 3 aromatic carbocycles. The monoisotopic (exact) mass is 412 g/mol. The van der Waals surface area contributed by atoms with Crippen LogP contribution < -0.4 is 9.47 Å². The Labute approximate surface area is 174 Å². The Kier molecular flexibility index (Phi) is 5.92. The topological polar surface area (TPSA) is 18.5 Å². The third-order valence-corrected chi connectivity index (χ3v) is 4.60. The van der Waals surface area contributed by atoms with Gasteiger partial charge in [-0.05, 0) is 52.4 Å². The van der Waals surface area contributed by atoms with Crippen molar-refractivity contribution in [2.75, 3.05) is 0 Å². The van der Waals surface area contributed by atoms with E-state index >= 15 is 0 Å². The molecule has 0 N–H and O–H groups in total. The standard InChI is InChI=1S/C25H23F3O2/c1-5-17-6-7-19(18-8-12-22(13-9-18)30-25(26,27)28)16-23(17)29-21-14-10-20(11-15-21)24(2,3)4/h5-16H,1H2,2-4H3. The van der Waals surface area contributed by atoms with E-state index in [1.807, 2.05) is 42.5 Å². The first-order valence-electron chi connectivity index (χ1n) is 9.46. The lowest BCUT2D eigenvalue weighted by atomic mass is 9.87. The maximum atomic E-state index is 12.4. The van der Waals surface area contributed by atoms with Gasteiger partial charge in [0.1, 0.15) is 17.2 Å². The molecule has 0 amide bonds. The summed E-state index contributed by atoms with van der Waals surface area (Å²) < 4.78 is 47.1. The number of benzene rings is 3. The lowest BCUT2D eigenvalue weighted by Crippen LogP contribution is -2.16. The van der Waals surface area contributed by atoms with E-state index in [9.17, 15) is 13.2 Å². The van der Waals surface area contributed by atoms with Crippen LogP contribution in [0.5, 0.6) is 17.2 Å². The number of ether oxygens (including phenoxy) is 2. The molecule has 3 rings (SSSR count). The first kappa shape index (κ1) is 21.5. The summed E-state index contributed by atoms with van der Waals surface area (Å²) >= 11 is 0. The van der Waals surface area contributed by atoms with Crippen molar-refractivity contribution >= 4 is 6.08 Å². The van der Waals surface area contributed by atoms with E-state index in [0.717, 1.165) is 16.7 Å². The minimum Gasteiger partial charge on any atom is -0.457 e. The van der Waals surface area contributed by atoms with Gasteiger partial charge in [-0.2, -0.15) is 0 Å². The Hall–Kier alpha value is -3.21. The number of halogens is 3. The summed E-state index contributed by atoms with van der Waals surface area (Å²) in [5.41, 5.74) is 3.62. The summed E-state index contributed by atoms with van der Waals surface area (Å²) in [4.78, 5) is 0. The summed E-state index contributed by atoms with van der Waals surface area (Å²) in [5, 5.41) is 0. The first-order chi connectivity index (χ1) is 14.0. The quantitative estimate of drug-likeness (QED) is 0.423. The zero-order valence-corrected chi connectivity index (χ0v) is 17.1. The van der Waals surface area contributed by atoms with E-state index in [4.69, 9.17) is 4.74 Å². The number of hydrogen-bond acceptors (Lipinski definition) is 2. The van der Waals surface area contributed by atoms with Crippen LogP contribution in [0, 0.1) is 0 Å². The van der Waals surface area contributed by atoms with Crippen molar-refractivity contribution in [3.63, 3.8) is 0 Å². The molecule has 0 aliphatic rings. The number of alkyl halides is 3. The minimum atomic E-state index is -4.71. The highest BCUT2D eigenvalue weighted by Crippen LogP contribution is 2.34. The predicted octanol–water partition coefficient (Wildman–Crippen LogP) is 7.99. The number of rotatable bonds is 5. The summed E-state index contributed by atoms with van der Waals surface area (Å²) in [6, 6.07) is 19.2. The van der Waals surface area contributed by atoms with Crippen molar-refractivity contribution in [1.82, 2.24) is 0 Å². The predicted molar refractivity (Wildman–Crippen MR) is 114 cm³/mol. The second-order valence-electron chi connectivity index (χ2n) is 7.91. The van der Waals surface area contributed by atoms with Gasteiger partial charge in [-0.15, -0.1) is 13.2 Å². The summed E-state index contributed by atoms with van der Waals surface area (Å²) in [5.74, 6) is 1.04. The second kappa shape index (κ2) is 8.27. The van der Waals surface area contributed by atoms with Crippen molar-refractivity contribution < 1.29 is 22.6 Å². The third kappa shape index (κ3) is 5.44. The van der Waals surface area contributed by atoms with Crippen LogP contribution in [-0.2, 0) is 5.41 Å². The van der Waals surface area contributed by atoms with Crippen LogP contribution in [0.25, 0.3) is 17.2 Å². The van der Waals surface area contributed by atoms with E-state index in [0.29, 0.717) is 11.5 Å². The van der Waals surface area contributed by atoms with Crippen molar-refractivity contribution in [2.24, 2.45) is 0 Å². The molecule has 0 heterocycles. The Bertz CT molecular complexity index is 1010. The van der Waals surface area contributed by atoms with Gasteiger partial charge in [0.2, 0.25) is 0 Å². The molecular formula is C25H23F3O2. The second-order valence-corrected chi connectivity index (χ2v) is 7.91. The van der Waals surface area contributed by atoms with Crippen LogP contribution in [0.4, 0.5) is 13.2 Å². The maximum absolute atomic E-state index is 12.4. The van der Waals surface area contributed by atoms with Gasteiger partial charge in [0, 0.05) is 5.56 Å². The number of hydrogen-bond donors (Lipinski definition) is 0. The summed E-state index contributed by atoms with van der Waals surface area (Å²) in [6.45, 7) is 10.3. The van der Waals surface area contributed by atoms with Gasteiger partial charge in [0.15, 0.2) is 0 Å². The van der Waals surface area contributed by atoms with Crippen molar-refractivity contribution in [3.05, 3.63) is 84.4 Å². The van der Waals surface area contributed by atoms with Crippen LogP contribution in [0.2, 0.25) is 0 Å². The SMILES string of the molecule is C=Cc1ccc(-c2ccc(OC(F)(F)F)cc2)cc1Oc1ccc(C(C)(C)C)cc1. The fourth-order valence-corrected chi connectivity index (χ4v) is 2.97. The average Bonchev–Trinajstić information content (AvgIpc) is 2.67. The summed E-state index contributed by atoms with van der Waals surface area (Å²) in [7, 11) is 0. The Morgan fingerprint density at radius 1 is 0.767 bits per heavy atom. The highest BCUT2D eigenvalue weighted by molar-refractivity contribution is 5.70. The fraction of sp³-hybridized carbons (Fsp3) is 0.200. The molecule has 156 valence electrons. The van der Waals surface area contributed by atoms with E-state index in [2.05, 4.69) is 32.1 Å². The summed E-state index contributed by atoms with van der Waals surface area (Å²) in [6.07, 6.45) is -3.01. The molecule has 0 unspecified atom stereocenters. The van der Waals surface area contributed by atoms with Crippen LogP contribution in [-0.4, -0.2) is 6.36 Å². The minimum absolute atomic E-state index is 0.0483. The van der Waals surface area contributed by atoms with E-state index in [1.54, 1.807) is 18.2 Å². The average molecular weight is 412 g/mol. The van der Waals surface area contributed by atoms with Crippen LogP contribution in [0.15, 0.2) is 73.3 Å². The van der Waals surface area contributed by atoms with Crippen LogP contribution in [0.1, 0.15) is 31.9 Å². The van der Waals surface area contributed by atoms with Gasteiger partial charge in [-0.25, -0.2) is 0 Å². The Morgan fingerprint density at radius 2 is 1.33 bits per heavy atom. The van der Waals surface area contributed by atoms with E-state index < -0.39 is 6.36 Å². The van der Waals surface area contributed by atoms with Gasteiger partial charge in [-0.1, -0.05) is 69.8 Å². The van der Waals surface area contributed by atoms with E-state index in [1.165, 1.54) is 17.7 Å². The Balaban J connectivity index is 1.86. The van der Waals surface area contributed by atoms with Crippen molar-refractivity contribution in [1.29, 1.82) is 0 Å². The first-order valence-corrected chi connectivity index (χ1v) is 9.46. The smallest absolute Gasteiger partial charge is 0.457 e. The van der Waals surface area contributed by atoms with Crippen LogP contribution >= 0.6 is 0 Å². The van der Waals surface area contributed by atoms with Gasteiger partial charge in [0.25, 0.3) is 0 Å². The molecule has 0 aromatic heterocycles. The highest BCUT2D eigenvalue weighted by Gasteiger charge is 2.31. The molecule has 3 aromatic rings. The molecule has 0 atom stereocenters. The zero-order valence-electron chi connectivity index (χ0n) is 17.1. The Morgan fingerprint density at radius 3 is 1.87 bits per heavy atom. The molecule has 0 aliphatic carbocycles.